The molecule has 1 aromatic rings. The second-order valence-electron chi connectivity index (χ2n) is 8.83. The second-order valence-corrected chi connectivity index (χ2v) is 8.83. The van der Waals surface area contributed by atoms with Crippen LogP contribution in [0.25, 0.3) is 0 Å². The molecule has 0 aromatic heterocycles. The topological polar surface area (TPSA) is 40.5 Å². The highest BCUT2D eigenvalue weighted by molar-refractivity contribution is 5.53. The predicted molar refractivity (Wildman–Crippen MR) is 116 cm³/mol. The van der Waals surface area contributed by atoms with Crippen LogP contribution in [0.15, 0.2) is 35.9 Å². The van der Waals surface area contributed by atoms with Crippen LogP contribution in [0.5, 0.6) is 11.5 Å². The molecule has 150 valence electrons. The van der Waals surface area contributed by atoms with Crippen LogP contribution < -0.4 is 0 Å². The summed E-state index contributed by atoms with van der Waals surface area (Å²) in [4.78, 5) is 0. The molecule has 3 unspecified atom stereocenters. The van der Waals surface area contributed by atoms with E-state index in [1.807, 2.05) is 12.1 Å². The lowest BCUT2D eigenvalue weighted by molar-refractivity contribution is 0.380. The van der Waals surface area contributed by atoms with Crippen molar-refractivity contribution in [2.45, 2.75) is 90.9 Å². The molecule has 2 rings (SSSR count). The van der Waals surface area contributed by atoms with E-state index in [4.69, 9.17) is 0 Å². The SMILES string of the molecule is C=C(C)C1CCC(C)=CC1c1c(O)cc(C(C)(CC)CCCCC)cc1O. The summed E-state index contributed by atoms with van der Waals surface area (Å²) >= 11 is 0. The molecule has 1 aliphatic rings. The Morgan fingerprint density at radius 2 is 1.81 bits per heavy atom. The average molecular weight is 371 g/mol. The first-order chi connectivity index (χ1) is 12.7. The molecule has 2 heteroatoms. The minimum atomic E-state index is -0.0191. The van der Waals surface area contributed by atoms with Crippen molar-refractivity contribution in [2.75, 3.05) is 0 Å². The Labute approximate surface area is 166 Å². The summed E-state index contributed by atoms with van der Waals surface area (Å²) in [5, 5.41) is 21.8. The zero-order chi connectivity index (χ0) is 20.2. The van der Waals surface area contributed by atoms with Crippen molar-refractivity contribution in [3.8, 4) is 11.5 Å². The third-order valence-electron chi connectivity index (χ3n) is 6.66. The van der Waals surface area contributed by atoms with Gasteiger partial charge in [0.25, 0.3) is 0 Å². The van der Waals surface area contributed by atoms with Crippen molar-refractivity contribution < 1.29 is 10.2 Å². The normalized spacial score (nSPS) is 22.2. The number of hydrogen-bond donors (Lipinski definition) is 2. The maximum atomic E-state index is 10.9. The van der Waals surface area contributed by atoms with Gasteiger partial charge in [-0.3, -0.25) is 0 Å². The fourth-order valence-electron chi connectivity index (χ4n) is 4.51. The molecule has 1 aliphatic carbocycles. The third kappa shape index (κ3) is 4.78. The summed E-state index contributed by atoms with van der Waals surface area (Å²) in [5.41, 5.74) is 4.12. The lowest BCUT2D eigenvalue weighted by atomic mass is 9.72. The fraction of sp³-hybridized carbons (Fsp3) is 0.600. The number of phenolic OH excluding ortho intramolecular Hbond substituents is 2. The molecule has 0 saturated carbocycles. The maximum absolute atomic E-state index is 10.9. The second kappa shape index (κ2) is 8.99. The van der Waals surface area contributed by atoms with E-state index in [0.29, 0.717) is 5.56 Å². The zero-order valence-electron chi connectivity index (χ0n) is 17.9. The average Bonchev–Trinajstić information content (AvgIpc) is 2.61. The molecule has 0 bridgehead atoms. The summed E-state index contributed by atoms with van der Waals surface area (Å²) in [6.45, 7) is 15.0. The maximum Gasteiger partial charge on any atom is 0.123 e. The lowest BCUT2D eigenvalue weighted by Gasteiger charge is -2.33. The highest BCUT2D eigenvalue weighted by atomic mass is 16.3. The van der Waals surface area contributed by atoms with Crippen molar-refractivity contribution in [1.29, 1.82) is 0 Å². The first kappa shape index (κ1) is 21.6. The smallest absolute Gasteiger partial charge is 0.123 e. The number of benzene rings is 1. The van der Waals surface area contributed by atoms with Gasteiger partial charge in [0.05, 0.1) is 0 Å². The van der Waals surface area contributed by atoms with E-state index < -0.39 is 0 Å². The summed E-state index contributed by atoms with van der Waals surface area (Å²) in [7, 11) is 0. The van der Waals surface area contributed by atoms with Gasteiger partial charge in [-0.15, -0.1) is 0 Å². The molecule has 0 amide bonds. The Balaban J connectivity index is 2.44. The van der Waals surface area contributed by atoms with Gasteiger partial charge in [0, 0.05) is 11.5 Å². The molecule has 0 radical (unpaired) electrons. The Hall–Kier alpha value is -1.70. The van der Waals surface area contributed by atoms with E-state index in [1.54, 1.807) is 0 Å². The molecule has 0 aliphatic heterocycles. The van der Waals surface area contributed by atoms with Gasteiger partial charge in [-0.1, -0.05) is 63.8 Å². The van der Waals surface area contributed by atoms with Gasteiger partial charge in [-0.25, -0.2) is 0 Å². The monoisotopic (exact) mass is 370 g/mol. The number of hydrogen-bond acceptors (Lipinski definition) is 2. The molecule has 27 heavy (non-hydrogen) atoms. The van der Waals surface area contributed by atoms with Crippen LogP contribution in [-0.2, 0) is 5.41 Å². The van der Waals surface area contributed by atoms with Crippen molar-refractivity contribution in [2.24, 2.45) is 5.92 Å². The van der Waals surface area contributed by atoms with Gasteiger partial charge in [-0.05, 0) is 68.6 Å². The van der Waals surface area contributed by atoms with Gasteiger partial charge >= 0.3 is 0 Å². The van der Waals surface area contributed by atoms with Crippen LogP contribution in [0, 0.1) is 5.92 Å². The van der Waals surface area contributed by atoms with Crippen LogP contribution in [-0.4, -0.2) is 10.2 Å². The van der Waals surface area contributed by atoms with E-state index in [2.05, 4.69) is 47.3 Å². The summed E-state index contributed by atoms with van der Waals surface area (Å²) < 4.78 is 0. The molecule has 1 aromatic carbocycles. The largest absolute Gasteiger partial charge is 0.507 e. The van der Waals surface area contributed by atoms with Crippen LogP contribution >= 0.6 is 0 Å². The van der Waals surface area contributed by atoms with Gasteiger partial charge in [0.1, 0.15) is 11.5 Å². The fourth-order valence-corrected chi connectivity index (χ4v) is 4.51. The molecule has 0 heterocycles. The van der Waals surface area contributed by atoms with E-state index in [-0.39, 0.29) is 28.7 Å². The quantitative estimate of drug-likeness (QED) is 0.370. The van der Waals surface area contributed by atoms with Crippen LogP contribution in [0.4, 0.5) is 0 Å². The van der Waals surface area contributed by atoms with Crippen LogP contribution in [0.2, 0.25) is 0 Å². The predicted octanol–water partition coefficient (Wildman–Crippen LogP) is 7.36. The zero-order valence-corrected chi connectivity index (χ0v) is 17.9. The Morgan fingerprint density at radius 1 is 1.19 bits per heavy atom. The van der Waals surface area contributed by atoms with Crippen LogP contribution in [0.1, 0.15) is 96.6 Å². The minimum Gasteiger partial charge on any atom is -0.507 e. The number of aromatic hydroxyl groups is 2. The molecule has 0 saturated heterocycles. The summed E-state index contributed by atoms with van der Waals surface area (Å²) in [6, 6.07) is 3.80. The van der Waals surface area contributed by atoms with Gasteiger partial charge < -0.3 is 10.2 Å². The van der Waals surface area contributed by atoms with E-state index in [1.165, 1.54) is 24.8 Å². The molecular formula is C25H38O2. The van der Waals surface area contributed by atoms with Crippen molar-refractivity contribution in [3.63, 3.8) is 0 Å². The lowest BCUT2D eigenvalue weighted by Crippen LogP contribution is -2.22. The van der Waals surface area contributed by atoms with Crippen molar-refractivity contribution in [1.82, 2.24) is 0 Å². The summed E-state index contributed by atoms with van der Waals surface area (Å²) in [6.07, 6.45) is 9.94. The van der Waals surface area contributed by atoms with E-state index in [9.17, 15) is 10.2 Å². The Kier molecular flexibility index (Phi) is 7.19. The molecule has 3 atom stereocenters. The summed E-state index contributed by atoms with van der Waals surface area (Å²) in [5.74, 6) is 0.710. The highest BCUT2D eigenvalue weighted by Crippen LogP contribution is 2.48. The number of unbranched alkanes of at least 4 members (excludes halogenated alkanes) is 2. The Morgan fingerprint density at radius 3 is 2.33 bits per heavy atom. The van der Waals surface area contributed by atoms with Gasteiger partial charge in [0.15, 0.2) is 0 Å². The van der Waals surface area contributed by atoms with Gasteiger partial charge in [0.2, 0.25) is 0 Å². The first-order valence-electron chi connectivity index (χ1n) is 10.6. The van der Waals surface area contributed by atoms with Crippen molar-refractivity contribution >= 4 is 0 Å². The van der Waals surface area contributed by atoms with Crippen molar-refractivity contribution in [3.05, 3.63) is 47.1 Å². The first-order valence-corrected chi connectivity index (χ1v) is 10.6. The highest BCUT2D eigenvalue weighted by Gasteiger charge is 2.32. The number of allylic oxidation sites excluding steroid dienone is 3. The molecular weight excluding hydrogens is 332 g/mol. The standard InChI is InChI=1S/C25H38O2/c1-7-9-10-13-25(6,8-2)19-15-22(26)24(23(27)16-19)21-14-18(5)11-12-20(21)17(3)4/h14-16,20-21,26-27H,3,7-13H2,1-2,4-6H3. The van der Waals surface area contributed by atoms with E-state index in [0.717, 1.165) is 36.8 Å². The van der Waals surface area contributed by atoms with Gasteiger partial charge in [-0.2, -0.15) is 0 Å². The molecule has 0 spiro atoms. The number of rotatable bonds is 8. The minimum absolute atomic E-state index is 0.00160. The number of phenols is 2. The molecule has 2 N–H and O–H groups in total. The Bertz CT molecular complexity index is 677. The van der Waals surface area contributed by atoms with Crippen LogP contribution in [0.3, 0.4) is 0 Å². The van der Waals surface area contributed by atoms with E-state index >= 15 is 0 Å². The third-order valence-corrected chi connectivity index (χ3v) is 6.66. The molecule has 2 nitrogen and oxygen atoms in total. The molecule has 0 fully saturated rings.